The van der Waals surface area contributed by atoms with Crippen molar-refractivity contribution in [2.75, 3.05) is 25.1 Å². The molecule has 1 heterocycles. The Kier molecular flexibility index (Phi) is 8.98. The van der Waals surface area contributed by atoms with Crippen molar-refractivity contribution >= 4 is 48.9 Å². The van der Waals surface area contributed by atoms with Crippen molar-refractivity contribution in [3.63, 3.8) is 0 Å². The highest BCUT2D eigenvalue weighted by Crippen LogP contribution is 2.33. The Labute approximate surface area is 202 Å². The molecule has 0 atom stereocenters. The fourth-order valence-corrected chi connectivity index (χ4v) is 6.92. The average Bonchev–Trinajstić information content (AvgIpc) is 3.22. The molecule has 0 radical (unpaired) electrons. The van der Waals surface area contributed by atoms with Crippen molar-refractivity contribution < 1.29 is 22.7 Å². The van der Waals surface area contributed by atoms with Crippen LogP contribution in [0.5, 0.6) is 11.5 Å². The second kappa shape index (κ2) is 11.5. The lowest BCUT2D eigenvalue weighted by Gasteiger charge is -2.28. The highest BCUT2D eigenvalue weighted by Gasteiger charge is 2.28. The molecule has 32 heavy (non-hydrogen) atoms. The lowest BCUT2D eigenvalue weighted by molar-refractivity contribution is -0.121. The number of halogens is 1. The lowest BCUT2D eigenvalue weighted by atomic mass is 9.81. The molecule has 1 fully saturated rings. The van der Waals surface area contributed by atoms with Crippen LogP contribution >= 0.6 is 27.3 Å². The minimum Gasteiger partial charge on any atom is -0.494 e. The van der Waals surface area contributed by atoms with E-state index in [2.05, 4.69) is 26.0 Å². The molecule has 7 nitrogen and oxygen atoms in total. The van der Waals surface area contributed by atoms with Crippen LogP contribution in [0.4, 0.5) is 5.69 Å². The fourth-order valence-electron chi connectivity index (χ4n) is 3.75. The Balaban J connectivity index is 1.53. The SMILES string of the molecule is CCOc1ccc(OCC)c(NC(=O)C2CCC(CNS(=O)(=O)c3ccc(Br)s3)CC2)c1. The van der Waals surface area contributed by atoms with E-state index in [1.807, 2.05) is 19.9 Å². The molecule has 1 aromatic carbocycles. The van der Waals surface area contributed by atoms with E-state index >= 15 is 0 Å². The minimum absolute atomic E-state index is 0.0398. The maximum atomic E-state index is 12.9. The van der Waals surface area contributed by atoms with Gasteiger partial charge in [-0.1, -0.05) is 0 Å². The summed E-state index contributed by atoms with van der Waals surface area (Å²) >= 11 is 4.48. The number of carbonyl (C=O) groups is 1. The topological polar surface area (TPSA) is 93.7 Å². The average molecular weight is 546 g/mol. The third kappa shape index (κ3) is 6.69. The van der Waals surface area contributed by atoms with Crippen LogP contribution in [-0.2, 0) is 14.8 Å². The highest BCUT2D eigenvalue weighted by molar-refractivity contribution is 9.11. The number of hydrogen-bond acceptors (Lipinski definition) is 6. The third-order valence-electron chi connectivity index (χ3n) is 5.41. The van der Waals surface area contributed by atoms with Gasteiger partial charge in [-0.25, -0.2) is 13.1 Å². The number of rotatable bonds is 10. The molecule has 1 aliphatic carbocycles. The van der Waals surface area contributed by atoms with Crippen LogP contribution in [0.15, 0.2) is 38.3 Å². The van der Waals surface area contributed by atoms with Gasteiger partial charge in [0.2, 0.25) is 15.9 Å². The van der Waals surface area contributed by atoms with Crippen LogP contribution in [-0.4, -0.2) is 34.1 Å². The van der Waals surface area contributed by atoms with Crippen molar-refractivity contribution in [1.29, 1.82) is 0 Å². The van der Waals surface area contributed by atoms with Crippen molar-refractivity contribution in [3.8, 4) is 11.5 Å². The van der Waals surface area contributed by atoms with Gasteiger partial charge < -0.3 is 14.8 Å². The second-order valence-electron chi connectivity index (χ2n) is 7.64. The summed E-state index contributed by atoms with van der Waals surface area (Å²) in [5.41, 5.74) is 0.611. The molecule has 176 valence electrons. The summed E-state index contributed by atoms with van der Waals surface area (Å²) < 4.78 is 39.8. The molecular formula is C22H29BrN2O5S2. The van der Waals surface area contributed by atoms with Gasteiger partial charge in [0.1, 0.15) is 15.7 Å². The number of thiophene rings is 1. The Morgan fingerprint density at radius 3 is 2.44 bits per heavy atom. The van der Waals surface area contributed by atoms with Gasteiger partial charge >= 0.3 is 0 Å². The number of ether oxygens (including phenoxy) is 2. The summed E-state index contributed by atoms with van der Waals surface area (Å²) in [4.78, 5) is 12.9. The van der Waals surface area contributed by atoms with Gasteiger partial charge in [0.15, 0.2) is 0 Å². The van der Waals surface area contributed by atoms with Gasteiger partial charge in [-0.05, 0) is 85.6 Å². The van der Waals surface area contributed by atoms with Gasteiger partial charge in [0, 0.05) is 18.5 Å². The van der Waals surface area contributed by atoms with Crippen molar-refractivity contribution in [2.24, 2.45) is 11.8 Å². The van der Waals surface area contributed by atoms with E-state index < -0.39 is 10.0 Å². The molecule has 3 rings (SSSR count). The van der Waals surface area contributed by atoms with E-state index in [-0.39, 0.29) is 17.7 Å². The van der Waals surface area contributed by atoms with E-state index in [1.165, 1.54) is 11.3 Å². The molecule has 2 N–H and O–H groups in total. The number of anilines is 1. The van der Waals surface area contributed by atoms with Crippen LogP contribution in [0.3, 0.4) is 0 Å². The van der Waals surface area contributed by atoms with Crippen molar-refractivity contribution in [1.82, 2.24) is 4.72 Å². The molecule has 0 spiro atoms. The highest BCUT2D eigenvalue weighted by atomic mass is 79.9. The number of sulfonamides is 1. The molecule has 0 unspecified atom stereocenters. The molecule has 1 amide bonds. The minimum atomic E-state index is -3.50. The summed E-state index contributed by atoms with van der Waals surface area (Å²) in [5, 5.41) is 3.00. The molecule has 0 aliphatic heterocycles. The monoisotopic (exact) mass is 544 g/mol. The summed E-state index contributed by atoms with van der Waals surface area (Å²) in [6.45, 7) is 5.23. The Morgan fingerprint density at radius 2 is 1.81 bits per heavy atom. The first kappa shape index (κ1) is 25.0. The summed E-state index contributed by atoms with van der Waals surface area (Å²) in [6.07, 6.45) is 3.04. The van der Waals surface area contributed by atoms with E-state index in [4.69, 9.17) is 9.47 Å². The van der Waals surface area contributed by atoms with Crippen LogP contribution in [0, 0.1) is 11.8 Å². The van der Waals surface area contributed by atoms with Crippen molar-refractivity contribution in [3.05, 3.63) is 34.1 Å². The second-order valence-corrected chi connectivity index (χ2v) is 12.1. The first-order valence-corrected chi connectivity index (χ1v) is 13.9. The van der Waals surface area contributed by atoms with Crippen molar-refractivity contribution in [2.45, 2.75) is 43.7 Å². The fraction of sp³-hybridized carbons (Fsp3) is 0.500. The summed E-state index contributed by atoms with van der Waals surface area (Å²) in [6, 6.07) is 8.74. The maximum absolute atomic E-state index is 12.9. The number of amides is 1. The smallest absolute Gasteiger partial charge is 0.250 e. The molecule has 0 saturated heterocycles. The molecule has 2 aromatic rings. The zero-order chi connectivity index (χ0) is 23.1. The van der Waals surface area contributed by atoms with Crippen LogP contribution in [0.1, 0.15) is 39.5 Å². The Morgan fingerprint density at radius 1 is 1.09 bits per heavy atom. The Hall–Kier alpha value is -1.62. The predicted octanol–water partition coefficient (Wildman–Crippen LogP) is 5.03. The molecule has 1 aliphatic rings. The van der Waals surface area contributed by atoms with Gasteiger partial charge in [-0.3, -0.25) is 4.79 Å². The van der Waals surface area contributed by atoms with E-state index in [0.717, 1.165) is 29.5 Å². The molecular weight excluding hydrogens is 516 g/mol. The number of nitrogens with one attached hydrogen (secondary N) is 2. The number of carbonyl (C=O) groups excluding carboxylic acids is 1. The summed E-state index contributed by atoms with van der Waals surface area (Å²) in [7, 11) is -3.50. The first-order chi connectivity index (χ1) is 15.3. The zero-order valence-electron chi connectivity index (χ0n) is 18.2. The van der Waals surface area contributed by atoms with Gasteiger partial charge in [0.05, 0.1) is 22.7 Å². The molecule has 1 saturated carbocycles. The van der Waals surface area contributed by atoms with Crippen LogP contribution in [0.25, 0.3) is 0 Å². The Bertz CT molecular complexity index is 1020. The van der Waals surface area contributed by atoms with E-state index in [1.54, 1.807) is 24.3 Å². The van der Waals surface area contributed by atoms with Gasteiger partial charge in [-0.15, -0.1) is 11.3 Å². The zero-order valence-corrected chi connectivity index (χ0v) is 21.4. The van der Waals surface area contributed by atoms with Crippen LogP contribution in [0.2, 0.25) is 0 Å². The first-order valence-electron chi connectivity index (χ1n) is 10.8. The maximum Gasteiger partial charge on any atom is 0.250 e. The van der Waals surface area contributed by atoms with Gasteiger partial charge in [-0.2, -0.15) is 0 Å². The predicted molar refractivity (Wildman–Crippen MR) is 130 cm³/mol. The van der Waals surface area contributed by atoms with E-state index in [9.17, 15) is 13.2 Å². The molecule has 10 heteroatoms. The number of benzene rings is 1. The standard InChI is InChI=1S/C22H29BrN2O5S2/c1-3-29-17-9-10-19(30-4-2)18(13-17)25-22(26)16-7-5-15(6-8-16)14-24-32(27,28)21-12-11-20(23)31-21/h9-13,15-16,24H,3-8,14H2,1-2H3,(H,25,26). The third-order valence-corrected chi connectivity index (χ3v) is 8.95. The lowest BCUT2D eigenvalue weighted by Crippen LogP contribution is -2.33. The quantitative estimate of drug-likeness (QED) is 0.437. The molecule has 0 bridgehead atoms. The largest absolute Gasteiger partial charge is 0.494 e. The molecule has 1 aromatic heterocycles. The normalized spacial score (nSPS) is 18.8. The van der Waals surface area contributed by atoms with Gasteiger partial charge in [0.25, 0.3) is 0 Å². The number of hydrogen-bond donors (Lipinski definition) is 2. The summed E-state index contributed by atoms with van der Waals surface area (Å²) in [5.74, 6) is 1.37. The van der Waals surface area contributed by atoms with Crippen LogP contribution < -0.4 is 19.5 Å². The van der Waals surface area contributed by atoms with E-state index in [0.29, 0.717) is 41.2 Å².